The third kappa shape index (κ3) is 14.5. The molecule has 0 amide bonds. The van der Waals surface area contributed by atoms with Gasteiger partial charge in [-0.15, -0.1) is 0 Å². The minimum atomic E-state index is -1.00. The molecule has 0 aromatic rings. The molecule has 0 bridgehead atoms. The van der Waals surface area contributed by atoms with Crippen LogP contribution in [0.2, 0.25) is 25.7 Å². The van der Waals surface area contributed by atoms with Crippen LogP contribution in [0.15, 0.2) is 11.6 Å². The summed E-state index contributed by atoms with van der Waals surface area (Å²) < 4.78 is 24.1. The van der Waals surface area contributed by atoms with E-state index in [0.717, 1.165) is 36.9 Å². The largest absolute Gasteiger partial charge is 0.356 e. The maximum atomic E-state index is 6.17. The summed E-state index contributed by atoms with van der Waals surface area (Å²) in [6, 6.07) is 1.19. The molecule has 0 unspecified atom stereocenters. The van der Waals surface area contributed by atoms with Crippen LogP contribution in [0.25, 0.3) is 0 Å². The standard InChI is InChI=1S/C22H43IO4Si/c1-19(15-21(16-23)27-22-11-6-7-12-26-22)9-8-10-20(2)17-25-18-24-13-14-28(3,4)5/h10,19,21-22H,6-9,11-18H2,1-5H3/b20-10+/t19-,21+,22-/m0/s1. The number of hydrogen-bond acceptors (Lipinski definition) is 4. The molecule has 0 aromatic carbocycles. The SMILES string of the molecule is C/C(=C\CC[C@H](C)C[C@H](CI)O[C@H]1CCCCO1)COCOCC[Si](C)(C)C. The molecule has 1 aliphatic rings. The van der Waals surface area contributed by atoms with Crippen molar-refractivity contribution < 1.29 is 18.9 Å². The molecule has 3 atom stereocenters. The van der Waals surface area contributed by atoms with Gasteiger partial charge in [0.05, 0.1) is 12.7 Å². The van der Waals surface area contributed by atoms with Crippen molar-refractivity contribution in [3.63, 3.8) is 0 Å². The van der Waals surface area contributed by atoms with Crippen LogP contribution in [0.4, 0.5) is 0 Å². The van der Waals surface area contributed by atoms with Crippen molar-refractivity contribution in [3.05, 3.63) is 11.6 Å². The smallest absolute Gasteiger partial charge is 0.157 e. The summed E-state index contributed by atoms with van der Waals surface area (Å²) in [7, 11) is -1.00. The van der Waals surface area contributed by atoms with Gasteiger partial charge in [0.2, 0.25) is 0 Å². The second-order valence-corrected chi connectivity index (χ2v) is 15.9. The van der Waals surface area contributed by atoms with E-state index < -0.39 is 8.07 Å². The predicted octanol–water partition coefficient (Wildman–Crippen LogP) is 6.41. The molecule has 0 saturated carbocycles. The van der Waals surface area contributed by atoms with Gasteiger partial charge in [-0.1, -0.05) is 60.8 Å². The average molecular weight is 527 g/mol. The first-order chi connectivity index (χ1) is 13.3. The Bertz CT molecular complexity index is 419. The Morgan fingerprint density at radius 3 is 2.68 bits per heavy atom. The molecular formula is C22H43IO4Si. The third-order valence-electron chi connectivity index (χ3n) is 4.96. The first-order valence-electron chi connectivity index (χ1n) is 10.9. The van der Waals surface area contributed by atoms with Crippen molar-refractivity contribution >= 4 is 30.7 Å². The first kappa shape index (κ1) is 26.6. The summed E-state index contributed by atoms with van der Waals surface area (Å²) in [5, 5.41) is 0. The van der Waals surface area contributed by atoms with Crippen molar-refractivity contribution in [2.75, 3.05) is 31.0 Å². The zero-order valence-corrected chi connectivity index (χ0v) is 22.0. The van der Waals surface area contributed by atoms with Crippen molar-refractivity contribution in [2.24, 2.45) is 5.92 Å². The average Bonchev–Trinajstić information content (AvgIpc) is 2.64. The molecule has 1 rings (SSSR count). The molecule has 1 fully saturated rings. The molecular weight excluding hydrogens is 483 g/mol. The summed E-state index contributed by atoms with van der Waals surface area (Å²) in [6.07, 6.45) is 9.47. The quantitative estimate of drug-likeness (QED) is 0.0617. The van der Waals surface area contributed by atoms with Gasteiger partial charge in [0.25, 0.3) is 0 Å². The Hall–Kier alpha value is 0.527. The highest BCUT2D eigenvalue weighted by molar-refractivity contribution is 14.1. The van der Waals surface area contributed by atoms with E-state index in [2.05, 4.69) is 62.2 Å². The molecule has 1 saturated heterocycles. The lowest BCUT2D eigenvalue weighted by molar-refractivity contribution is -0.185. The van der Waals surface area contributed by atoms with E-state index in [0.29, 0.717) is 25.4 Å². The minimum absolute atomic E-state index is 0.0213. The van der Waals surface area contributed by atoms with Crippen LogP contribution < -0.4 is 0 Å². The van der Waals surface area contributed by atoms with Crippen LogP contribution in [0.1, 0.15) is 52.4 Å². The lowest BCUT2D eigenvalue weighted by Crippen LogP contribution is -2.29. The number of ether oxygens (including phenoxy) is 4. The summed E-state index contributed by atoms with van der Waals surface area (Å²) in [6.45, 7) is 14.3. The monoisotopic (exact) mass is 526 g/mol. The highest BCUT2D eigenvalue weighted by Crippen LogP contribution is 2.22. The maximum Gasteiger partial charge on any atom is 0.157 e. The molecule has 28 heavy (non-hydrogen) atoms. The molecule has 0 aliphatic carbocycles. The Morgan fingerprint density at radius 2 is 2.04 bits per heavy atom. The minimum Gasteiger partial charge on any atom is -0.356 e. The van der Waals surface area contributed by atoms with Crippen LogP contribution in [0, 0.1) is 5.92 Å². The molecule has 4 nitrogen and oxygen atoms in total. The Balaban J connectivity index is 2.11. The van der Waals surface area contributed by atoms with Gasteiger partial charge in [0.15, 0.2) is 6.29 Å². The normalized spacial score (nSPS) is 20.9. The molecule has 166 valence electrons. The van der Waals surface area contributed by atoms with Gasteiger partial charge in [0, 0.05) is 25.7 Å². The van der Waals surface area contributed by atoms with E-state index in [4.69, 9.17) is 18.9 Å². The maximum absolute atomic E-state index is 6.17. The van der Waals surface area contributed by atoms with Crippen molar-refractivity contribution in [3.8, 4) is 0 Å². The van der Waals surface area contributed by atoms with Gasteiger partial charge in [-0.05, 0) is 57.4 Å². The molecule has 0 spiro atoms. The number of rotatable bonds is 15. The van der Waals surface area contributed by atoms with Gasteiger partial charge in [-0.25, -0.2) is 0 Å². The fourth-order valence-corrected chi connectivity index (χ4v) is 4.45. The van der Waals surface area contributed by atoms with E-state index in [1.54, 1.807) is 0 Å². The number of alkyl halides is 1. The van der Waals surface area contributed by atoms with Crippen LogP contribution in [0.3, 0.4) is 0 Å². The predicted molar refractivity (Wildman–Crippen MR) is 129 cm³/mol. The first-order valence-corrected chi connectivity index (χ1v) is 16.2. The molecule has 1 aliphatic heterocycles. The van der Waals surface area contributed by atoms with Crippen molar-refractivity contribution in [1.82, 2.24) is 0 Å². The van der Waals surface area contributed by atoms with Crippen LogP contribution in [0.5, 0.6) is 0 Å². The highest BCUT2D eigenvalue weighted by Gasteiger charge is 2.20. The second-order valence-electron chi connectivity index (χ2n) is 9.36. The fourth-order valence-electron chi connectivity index (χ4n) is 3.13. The zero-order chi connectivity index (χ0) is 20.8. The molecule has 6 heteroatoms. The van der Waals surface area contributed by atoms with E-state index in [1.807, 2.05) is 0 Å². The van der Waals surface area contributed by atoms with Gasteiger partial charge < -0.3 is 18.9 Å². The molecule has 0 N–H and O–H groups in total. The Kier molecular flexibility index (Phi) is 14.6. The van der Waals surface area contributed by atoms with Crippen LogP contribution >= 0.6 is 22.6 Å². The Labute approximate surface area is 188 Å². The zero-order valence-electron chi connectivity index (χ0n) is 18.8. The fraction of sp³-hybridized carbons (Fsp3) is 0.909. The highest BCUT2D eigenvalue weighted by atomic mass is 127. The second kappa shape index (κ2) is 15.3. The van der Waals surface area contributed by atoms with Crippen molar-refractivity contribution in [1.29, 1.82) is 0 Å². The van der Waals surface area contributed by atoms with E-state index in [9.17, 15) is 0 Å². The van der Waals surface area contributed by atoms with Gasteiger partial charge in [-0.2, -0.15) is 0 Å². The van der Waals surface area contributed by atoms with Gasteiger partial charge in [0.1, 0.15) is 6.79 Å². The molecule has 0 radical (unpaired) electrons. The number of halogens is 1. The summed E-state index contributed by atoms with van der Waals surface area (Å²) in [4.78, 5) is 0. The van der Waals surface area contributed by atoms with Gasteiger partial charge >= 0.3 is 0 Å². The third-order valence-corrected chi connectivity index (χ3v) is 7.65. The number of allylic oxidation sites excluding steroid dienone is 1. The van der Waals surface area contributed by atoms with E-state index >= 15 is 0 Å². The molecule has 0 aromatic heterocycles. The van der Waals surface area contributed by atoms with Gasteiger partial charge in [-0.3, -0.25) is 0 Å². The number of hydrogen-bond donors (Lipinski definition) is 0. The van der Waals surface area contributed by atoms with Crippen molar-refractivity contribution in [2.45, 2.75) is 90.5 Å². The molecule has 1 heterocycles. The lowest BCUT2D eigenvalue weighted by Gasteiger charge is -2.28. The summed E-state index contributed by atoms with van der Waals surface area (Å²) in [5.41, 5.74) is 1.29. The summed E-state index contributed by atoms with van der Waals surface area (Å²) >= 11 is 2.44. The van der Waals surface area contributed by atoms with Crippen LogP contribution in [-0.2, 0) is 18.9 Å². The van der Waals surface area contributed by atoms with Crippen LogP contribution in [-0.4, -0.2) is 51.5 Å². The topological polar surface area (TPSA) is 36.9 Å². The summed E-state index contributed by atoms with van der Waals surface area (Å²) in [5.74, 6) is 0.651. The van der Waals surface area contributed by atoms with E-state index in [-0.39, 0.29) is 6.29 Å². The lowest BCUT2D eigenvalue weighted by atomic mass is 9.98. The van der Waals surface area contributed by atoms with E-state index in [1.165, 1.54) is 30.9 Å². The Morgan fingerprint density at radius 1 is 1.25 bits per heavy atom.